The number of methoxy groups -OCH3 is 1. The SMILES string of the molecule is COc1cc(C)c(-c2[nH]ncc2C(=O)O)cc1Cl. The van der Waals surface area contributed by atoms with Gasteiger partial charge in [0.25, 0.3) is 0 Å². The number of benzene rings is 1. The van der Waals surface area contributed by atoms with E-state index in [0.29, 0.717) is 22.0 Å². The third-order valence-corrected chi connectivity index (χ3v) is 2.93. The molecular formula is C12H11ClN2O3. The summed E-state index contributed by atoms with van der Waals surface area (Å²) in [6.45, 7) is 1.85. The number of rotatable bonds is 3. The maximum absolute atomic E-state index is 11.1. The van der Waals surface area contributed by atoms with E-state index >= 15 is 0 Å². The van der Waals surface area contributed by atoms with Crippen LogP contribution in [0.15, 0.2) is 18.3 Å². The lowest BCUT2D eigenvalue weighted by Crippen LogP contribution is -1.98. The van der Waals surface area contributed by atoms with Crippen molar-refractivity contribution in [2.24, 2.45) is 0 Å². The van der Waals surface area contributed by atoms with Crippen LogP contribution in [0.1, 0.15) is 15.9 Å². The lowest BCUT2D eigenvalue weighted by Gasteiger charge is -2.09. The van der Waals surface area contributed by atoms with Gasteiger partial charge in [-0.15, -0.1) is 0 Å². The zero-order chi connectivity index (χ0) is 13.3. The Balaban J connectivity index is 2.61. The van der Waals surface area contributed by atoms with E-state index < -0.39 is 5.97 Å². The van der Waals surface area contributed by atoms with Crippen LogP contribution in [-0.4, -0.2) is 28.4 Å². The van der Waals surface area contributed by atoms with Gasteiger partial charge >= 0.3 is 5.97 Å². The van der Waals surface area contributed by atoms with Crippen LogP contribution in [0.3, 0.4) is 0 Å². The summed E-state index contributed by atoms with van der Waals surface area (Å²) in [6.07, 6.45) is 1.27. The van der Waals surface area contributed by atoms with Gasteiger partial charge in [-0.25, -0.2) is 4.79 Å². The minimum Gasteiger partial charge on any atom is -0.495 e. The maximum atomic E-state index is 11.1. The Labute approximate surface area is 108 Å². The van der Waals surface area contributed by atoms with Gasteiger partial charge in [0.15, 0.2) is 0 Å². The van der Waals surface area contributed by atoms with Crippen LogP contribution >= 0.6 is 11.6 Å². The minimum atomic E-state index is -1.04. The Morgan fingerprint density at radius 3 is 2.83 bits per heavy atom. The van der Waals surface area contributed by atoms with E-state index in [9.17, 15) is 4.79 Å². The molecule has 0 amide bonds. The predicted molar refractivity (Wildman–Crippen MR) is 67.3 cm³/mol. The molecule has 1 aromatic carbocycles. The van der Waals surface area contributed by atoms with Crippen molar-refractivity contribution in [1.29, 1.82) is 0 Å². The molecule has 5 nitrogen and oxygen atoms in total. The normalized spacial score (nSPS) is 10.4. The average Bonchev–Trinajstić information content (AvgIpc) is 2.80. The van der Waals surface area contributed by atoms with Crippen LogP contribution in [-0.2, 0) is 0 Å². The predicted octanol–water partition coefficient (Wildman–Crippen LogP) is 2.75. The number of carbonyl (C=O) groups is 1. The molecule has 0 unspecified atom stereocenters. The molecule has 6 heteroatoms. The fourth-order valence-corrected chi connectivity index (χ4v) is 1.98. The molecule has 0 spiro atoms. The third-order valence-electron chi connectivity index (χ3n) is 2.64. The number of carboxylic acids is 1. The van der Waals surface area contributed by atoms with E-state index in [1.807, 2.05) is 6.92 Å². The Bertz CT molecular complexity index is 607. The molecule has 94 valence electrons. The van der Waals surface area contributed by atoms with Crippen LogP contribution < -0.4 is 4.74 Å². The summed E-state index contributed by atoms with van der Waals surface area (Å²) in [5.74, 6) is -0.487. The molecule has 0 aliphatic heterocycles. The first-order valence-corrected chi connectivity index (χ1v) is 5.53. The number of ether oxygens (including phenoxy) is 1. The Morgan fingerprint density at radius 2 is 2.22 bits per heavy atom. The lowest BCUT2D eigenvalue weighted by molar-refractivity contribution is 0.0698. The summed E-state index contributed by atoms with van der Waals surface area (Å²) in [5.41, 5.74) is 2.09. The van der Waals surface area contributed by atoms with Crippen LogP contribution in [0.2, 0.25) is 5.02 Å². The van der Waals surface area contributed by atoms with Gasteiger partial charge in [-0.2, -0.15) is 5.10 Å². The molecule has 0 bridgehead atoms. The quantitative estimate of drug-likeness (QED) is 0.896. The number of aryl methyl sites for hydroxylation is 1. The molecule has 0 saturated heterocycles. The zero-order valence-corrected chi connectivity index (χ0v) is 10.6. The number of carboxylic acid groups (broad SMARTS) is 1. The first kappa shape index (κ1) is 12.4. The number of hydrogen-bond donors (Lipinski definition) is 2. The number of aromatic carboxylic acids is 1. The van der Waals surface area contributed by atoms with E-state index in [0.717, 1.165) is 5.56 Å². The largest absolute Gasteiger partial charge is 0.495 e. The molecule has 1 heterocycles. The molecule has 0 atom stereocenters. The second-order valence-corrected chi connectivity index (χ2v) is 4.17. The third kappa shape index (κ3) is 2.04. The van der Waals surface area contributed by atoms with Crippen molar-refractivity contribution in [1.82, 2.24) is 10.2 Å². The fourth-order valence-electron chi connectivity index (χ4n) is 1.73. The highest BCUT2D eigenvalue weighted by molar-refractivity contribution is 6.32. The fraction of sp³-hybridized carbons (Fsp3) is 0.167. The van der Waals surface area contributed by atoms with Gasteiger partial charge < -0.3 is 9.84 Å². The van der Waals surface area contributed by atoms with Crippen LogP contribution in [0, 0.1) is 6.92 Å². The van der Waals surface area contributed by atoms with Crippen molar-refractivity contribution < 1.29 is 14.6 Å². The van der Waals surface area contributed by atoms with Crippen LogP contribution in [0.5, 0.6) is 5.75 Å². The van der Waals surface area contributed by atoms with Crippen molar-refractivity contribution in [2.75, 3.05) is 7.11 Å². The second kappa shape index (κ2) is 4.70. The van der Waals surface area contributed by atoms with Crippen molar-refractivity contribution in [2.45, 2.75) is 6.92 Å². The molecule has 2 N–H and O–H groups in total. The van der Waals surface area contributed by atoms with Crippen LogP contribution in [0.4, 0.5) is 0 Å². The van der Waals surface area contributed by atoms with Gasteiger partial charge in [0, 0.05) is 5.56 Å². The summed E-state index contributed by atoms with van der Waals surface area (Å²) in [4.78, 5) is 11.1. The maximum Gasteiger partial charge on any atom is 0.339 e. The number of aromatic nitrogens is 2. The molecule has 2 rings (SSSR count). The monoisotopic (exact) mass is 266 g/mol. The van der Waals surface area contributed by atoms with Crippen molar-refractivity contribution in [3.8, 4) is 17.0 Å². The van der Waals surface area contributed by atoms with Gasteiger partial charge in [-0.1, -0.05) is 11.6 Å². The molecular weight excluding hydrogens is 256 g/mol. The summed E-state index contributed by atoms with van der Waals surface area (Å²) < 4.78 is 5.10. The molecule has 0 saturated carbocycles. The number of H-pyrrole nitrogens is 1. The Morgan fingerprint density at radius 1 is 1.50 bits per heavy atom. The van der Waals surface area contributed by atoms with Gasteiger partial charge in [0.1, 0.15) is 11.3 Å². The van der Waals surface area contributed by atoms with Crippen LogP contribution in [0.25, 0.3) is 11.3 Å². The van der Waals surface area contributed by atoms with Gasteiger partial charge in [0.2, 0.25) is 0 Å². The Kier molecular flexibility index (Phi) is 3.25. The van der Waals surface area contributed by atoms with E-state index in [4.69, 9.17) is 21.4 Å². The molecule has 0 fully saturated rings. The van der Waals surface area contributed by atoms with E-state index in [2.05, 4.69) is 10.2 Å². The molecule has 1 aromatic heterocycles. The number of nitrogens with one attached hydrogen (secondary N) is 1. The number of aromatic amines is 1. The van der Waals surface area contributed by atoms with Gasteiger partial charge in [-0.05, 0) is 24.6 Å². The average molecular weight is 267 g/mol. The van der Waals surface area contributed by atoms with Crippen molar-refractivity contribution in [3.05, 3.63) is 34.5 Å². The molecule has 0 aliphatic rings. The molecule has 0 aliphatic carbocycles. The lowest BCUT2D eigenvalue weighted by atomic mass is 10.0. The minimum absolute atomic E-state index is 0.110. The van der Waals surface area contributed by atoms with E-state index in [1.54, 1.807) is 12.1 Å². The molecule has 2 aromatic rings. The summed E-state index contributed by atoms with van der Waals surface area (Å²) in [6, 6.07) is 3.42. The highest BCUT2D eigenvalue weighted by atomic mass is 35.5. The zero-order valence-electron chi connectivity index (χ0n) is 9.82. The second-order valence-electron chi connectivity index (χ2n) is 3.77. The van der Waals surface area contributed by atoms with Crippen molar-refractivity contribution in [3.63, 3.8) is 0 Å². The summed E-state index contributed by atoms with van der Waals surface area (Å²) in [5, 5.41) is 15.9. The highest BCUT2D eigenvalue weighted by Crippen LogP contribution is 2.33. The van der Waals surface area contributed by atoms with E-state index in [-0.39, 0.29) is 5.56 Å². The first-order valence-electron chi connectivity index (χ1n) is 5.15. The topological polar surface area (TPSA) is 75.2 Å². The number of hydrogen-bond acceptors (Lipinski definition) is 3. The Hall–Kier alpha value is -2.01. The summed E-state index contributed by atoms with van der Waals surface area (Å²) >= 11 is 6.04. The summed E-state index contributed by atoms with van der Waals surface area (Å²) in [7, 11) is 1.53. The van der Waals surface area contributed by atoms with E-state index in [1.165, 1.54) is 13.3 Å². The molecule has 0 radical (unpaired) electrons. The number of nitrogens with zero attached hydrogens (tertiary/aromatic N) is 1. The van der Waals surface area contributed by atoms with Gasteiger partial charge in [0.05, 0.1) is 24.0 Å². The smallest absolute Gasteiger partial charge is 0.339 e. The van der Waals surface area contributed by atoms with Crippen molar-refractivity contribution >= 4 is 17.6 Å². The highest BCUT2D eigenvalue weighted by Gasteiger charge is 2.17. The number of halogens is 1. The molecule has 18 heavy (non-hydrogen) atoms. The standard InChI is InChI=1S/C12H11ClN2O3/c1-6-3-10(18-2)9(13)4-7(6)11-8(12(16)17)5-14-15-11/h3-5H,1-2H3,(H,14,15)(H,16,17). The van der Waals surface area contributed by atoms with Gasteiger partial charge in [-0.3, -0.25) is 5.10 Å². The first-order chi connectivity index (χ1) is 8.54.